The zero-order valence-corrected chi connectivity index (χ0v) is 12.8. The van der Waals surface area contributed by atoms with Gasteiger partial charge in [0.15, 0.2) is 0 Å². The molecule has 0 aromatic heterocycles. The summed E-state index contributed by atoms with van der Waals surface area (Å²) in [5, 5.41) is 10.7. The number of amides is 1. The van der Waals surface area contributed by atoms with E-state index in [0.717, 1.165) is 12.8 Å². The summed E-state index contributed by atoms with van der Waals surface area (Å²) in [5.41, 5.74) is -1.08. The molecule has 4 heteroatoms. The Morgan fingerprint density at radius 2 is 1.74 bits per heavy atom. The number of hydrogen-bond acceptors (Lipinski definition) is 3. The van der Waals surface area contributed by atoms with Crippen LogP contribution in [-0.2, 0) is 4.74 Å². The summed E-state index contributed by atoms with van der Waals surface area (Å²) < 4.78 is 5.49. The molecule has 1 N–H and O–H groups in total. The van der Waals surface area contributed by atoms with E-state index in [2.05, 4.69) is 13.8 Å². The van der Waals surface area contributed by atoms with E-state index in [-0.39, 0.29) is 24.1 Å². The van der Waals surface area contributed by atoms with Gasteiger partial charge in [0, 0.05) is 12.1 Å². The van der Waals surface area contributed by atoms with Gasteiger partial charge in [0.25, 0.3) is 0 Å². The van der Waals surface area contributed by atoms with Gasteiger partial charge in [-0.1, -0.05) is 13.8 Å². The second-order valence-electron chi connectivity index (χ2n) is 7.44. The minimum Gasteiger partial charge on any atom is -0.444 e. The average molecular weight is 269 g/mol. The van der Waals surface area contributed by atoms with E-state index in [4.69, 9.17) is 4.74 Å². The van der Waals surface area contributed by atoms with Crippen LogP contribution in [0.3, 0.4) is 0 Å². The molecule has 0 radical (unpaired) electrons. The molecule has 0 aliphatic carbocycles. The fourth-order valence-corrected chi connectivity index (χ4v) is 3.35. The van der Waals surface area contributed by atoms with Crippen LogP contribution in [0.2, 0.25) is 0 Å². The first-order chi connectivity index (χ1) is 8.62. The van der Waals surface area contributed by atoms with Crippen molar-refractivity contribution in [3.05, 3.63) is 0 Å². The van der Waals surface area contributed by atoms with Gasteiger partial charge in [-0.3, -0.25) is 0 Å². The summed E-state index contributed by atoms with van der Waals surface area (Å²) in [6, 6.07) is 0.280. The number of fused-ring (bicyclic) bond motifs is 2. The van der Waals surface area contributed by atoms with Gasteiger partial charge in [-0.25, -0.2) is 4.79 Å². The average Bonchev–Trinajstić information content (AvgIpc) is 2.49. The van der Waals surface area contributed by atoms with Crippen LogP contribution in [0.15, 0.2) is 0 Å². The van der Waals surface area contributed by atoms with Gasteiger partial charge in [0.05, 0.1) is 5.60 Å². The molecule has 110 valence electrons. The minimum absolute atomic E-state index is 0.140. The summed E-state index contributed by atoms with van der Waals surface area (Å²) in [6.07, 6.45) is 3.12. The smallest absolute Gasteiger partial charge is 0.410 e. The molecule has 0 aromatic rings. The number of aliphatic hydroxyl groups is 1. The SMILES string of the molecule is CC(C)C1(O)CC2CCC(C1)N2C(=O)OC(C)(C)C. The van der Waals surface area contributed by atoms with Crippen LogP contribution >= 0.6 is 0 Å². The van der Waals surface area contributed by atoms with E-state index in [1.807, 2.05) is 25.7 Å². The van der Waals surface area contributed by atoms with Gasteiger partial charge in [-0.2, -0.15) is 0 Å². The third-order valence-electron chi connectivity index (χ3n) is 4.48. The van der Waals surface area contributed by atoms with Crippen molar-refractivity contribution < 1.29 is 14.6 Å². The van der Waals surface area contributed by atoms with Crippen LogP contribution in [0.5, 0.6) is 0 Å². The summed E-state index contributed by atoms with van der Waals surface area (Å²) in [6.45, 7) is 9.79. The third-order valence-corrected chi connectivity index (χ3v) is 4.48. The van der Waals surface area contributed by atoms with Crippen LogP contribution in [0.4, 0.5) is 4.79 Å². The molecule has 2 aliphatic heterocycles. The van der Waals surface area contributed by atoms with Gasteiger partial charge in [0.1, 0.15) is 5.60 Å². The maximum absolute atomic E-state index is 12.3. The van der Waals surface area contributed by atoms with E-state index in [1.165, 1.54) is 0 Å². The molecule has 2 bridgehead atoms. The molecule has 2 fully saturated rings. The van der Waals surface area contributed by atoms with Gasteiger partial charge >= 0.3 is 6.09 Å². The molecule has 19 heavy (non-hydrogen) atoms. The summed E-state index contributed by atoms with van der Waals surface area (Å²) >= 11 is 0. The first kappa shape index (κ1) is 14.6. The number of hydrogen-bond donors (Lipinski definition) is 1. The molecule has 0 spiro atoms. The Kier molecular flexibility index (Phi) is 3.58. The van der Waals surface area contributed by atoms with Crippen molar-refractivity contribution in [3.63, 3.8) is 0 Å². The Labute approximate surface area is 116 Å². The monoisotopic (exact) mass is 269 g/mol. The molecule has 2 aliphatic rings. The lowest BCUT2D eigenvalue weighted by atomic mass is 9.78. The van der Waals surface area contributed by atoms with Gasteiger partial charge in [0.2, 0.25) is 0 Å². The lowest BCUT2D eigenvalue weighted by Gasteiger charge is -2.45. The highest BCUT2D eigenvalue weighted by atomic mass is 16.6. The highest BCUT2D eigenvalue weighted by Crippen LogP contribution is 2.44. The normalized spacial score (nSPS) is 34.8. The van der Waals surface area contributed by atoms with Gasteiger partial charge in [-0.05, 0) is 52.4 Å². The molecular weight excluding hydrogens is 242 g/mol. The van der Waals surface area contributed by atoms with Crippen LogP contribution < -0.4 is 0 Å². The molecule has 2 saturated heterocycles. The van der Waals surface area contributed by atoms with Crippen molar-refractivity contribution in [2.45, 2.75) is 83.6 Å². The van der Waals surface area contributed by atoms with Crippen LogP contribution in [0, 0.1) is 5.92 Å². The molecule has 1 amide bonds. The molecule has 4 nitrogen and oxygen atoms in total. The lowest BCUT2D eigenvalue weighted by molar-refractivity contribution is -0.0835. The summed E-state index contributed by atoms with van der Waals surface area (Å²) in [4.78, 5) is 14.2. The van der Waals surface area contributed by atoms with Crippen molar-refractivity contribution in [1.82, 2.24) is 4.90 Å². The minimum atomic E-state index is -0.621. The predicted octanol–water partition coefficient (Wildman–Crippen LogP) is 2.94. The second kappa shape index (κ2) is 4.65. The molecule has 2 rings (SSSR count). The van der Waals surface area contributed by atoms with E-state index in [1.54, 1.807) is 0 Å². The predicted molar refractivity (Wildman–Crippen MR) is 73.9 cm³/mol. The van der Waals surface area contributed by atoms with Gasteiger partial charge < -0.3 is 14.7 Å². The van der Waals surface area contributed by atoms with Crippen molar-refractivity contribution in [2.24, 2.45) is 5.92 Å². The first-order valence-corrected chi connectivity index (χ1v) is 7.36. The largest absolute Gasteiger partial charge is 0.444 e. The topological polar surface area (TPSA) is 49.8 Å². The highest BCUT2D eigenvalue weighted by molar-refractivity contribution is 5.69. The maximum atomic E-state index is 12.3. The third kappa shape index (κ3) is 2.88. The van der Waals surface area contributed by atoms with Crippen molar-refractivity contribution in [3.8, 4) is 0 Å². The van der Waals surface area contributed by atoms with E-state index < -0.39 is 11.2 Å². The molecule has 2 heterocycles. The fourth-order valence-electron chi connectivity index (χ4n) is 3.35. The van der Waals surface area contributed by atoms with Crippen molar-refractivity contribution in [1.29, 1.82) is 0 Å². The Bertz CT molecular complexity index is 345. The number of carbonyl (C=O) groups is 1. The Morgan fingerprint density at radius 3 is 2.11 bits per heavy atom. The van der Waals surface area contributed by atoms with E-state index in [9.17, 15) is 9.90 Å². The first-order valence-electron chi connectivity index (χ1n) is 7.36. The highest BCUT2D eigenvalue weighted by Gasteiger charge is 2.51. The number of ether oxygens (including phenoxy) is 1. The number of piperidine rings is 1. The zero-order valence-electron chi connectivity index (χ0n) is 12.8. The van der Waals surface area contributed by atoms with Crippen LogP contribution in [0.1, 0.15) is 60.3 Å². The number of nitrogens with zero attached hydrogens (tertiary/aromatic N) is 1. The molecule has 0 aromatic carbocycles. The molecule has 2 unspecified atom stereocenters. The second-order valence-corrected chi connectivity index (χ2v) is 7.44. The summed E-state index contributed by atoms with van der Waals surface area (Å²) in [5.74, 6) is 0.233. The van der Waals surface area contributed by atoms with Crippen LogP contribution in [-0.4, -0.2) is 39.4 Å². The Morgan fingerprint density at radius 1 is 1.26 bits per heavy atom. The van der Waals surface area contributed by atoms with E-state index >= 15 is 0 Å². The molecular formula is C15H27NO3. The lowest BCUT2D eigenvalue weighted by Crippen LogP contribution is -2.55. The summed E-state index contributed by atoms with van der Waals surface area (Å²) in [7, 11) is 0. The number of rotatable bonds is 1. The molecule has 2 atom stereocenters. The van der Waals surface area contributed by atoms with Crippen LogP contribution in [0.25, 0.3) is 0 Å². The van der Waals surface area contributed by atoms with Gasteiger partial charge in [-0.15, -0.1) is 0 Å². The maximum Gasteiger partial charge on any atom is 0.410 e. The Balaban J connectivity index is 2.09. The molecule has 0 saturated carbocycles. The quantitative estimate of drug-likeness (QED) is 0.796. The fraction of sp³-hybridized carbons (Fsp3) is 0.933. The Hall–Kier alpha value is -0.770. The zero-order chi connectivity index (χ0) is 14.4. The van der Waals surface area contributed by atoms with Crippen molar-refractivity contribution in [2.75, 3.05) is 0 Å². The number of carbonyl (C=O) groups excluding carboxylic acids is 1. The van der Waals surface area contributed by atoms with Crippen molar-refractivity contribution >= 4 is 6.09 Å². The van der Waals surface area contributed by atoms with E-state index in [0.29, 0.717) is 12.8 Å². The standard InChI is InChI=1S/C15H27NO3/c1-10(2)15(18)8-11-6-7-12(9-15)16(11)13(17)19-14(3,4)5/h10-12,18H,6-9H2,1-5H3.